The first-order valence-corrected chi connectivity index (χ1v) is 5.74. The Balaban J connectivity index is 2.05. The van der Waals surface area contributed by atoms with E-state index in [2.05, 4.69) is 36.5 Å². The van der Waals surface area contributed by atoms with Gasteiger partial charge in [-0.25, -0.2) is 0 Å². The van der Waals surface area contributed by atoms with Crippen molar-refractivity contribution in [3.05, 3.63) is 11.6 Å². The van der Waals surface area contributed by atoms with Crippen molar-refractivity contribution in [1.82, 2.24) is 0 Å². The smallest absolute Gasteiger partial charge is 0.0766 e. The normalized spacial score (nSPS) is 28.7. The Morgan fingerprint density at radius 2 is 1.90 bits per heavy atom. The lowest BCUT2D eigenvalue weighted by Gasteiger charge is -2.15. The molecule has 0 nitrogen and oxygen atoms in total. The molecule has 0 bridgehead atoms. The highest BCUT2D eigenvalue weighted by molar-refractivity contribution is 8.21. The highest BCUT2D eigenvalue weighted by Gasteiger charge is 2.29. The minimum atomic E-state index is 0.450. The summed E-state index contributed by atoms with van der Waals surface area (Å²) in [7, 11) is 0. The van der Waals surface area contributed by atoms with Gasteiger partial charge < -0.3 is 0 Å². The molecule has 0 spiro atoms. The first kappa shape index (κ1) is 7.11. The van der Waals surface area contributed by atoms with E-state index in [0.29, 0.717) is 4.08 Å². The van der Waals surface area contributed by atoms with Gasteiger partial charge in [0.2, 0.25) is 0 Å². The van der Waals surface area contributed by atoms with Crippen LogP contribution < -0.4 is 0 Å². The largest absolute Gasteiger partial charge is 0.139 e. The van der Waals surface area contributed by atoms with Crippen LogP contribution in [0.1, 0.15) is 19.8 Å². The SMILES string of the molecule is CC1(C=C2CC2)SCCS1. The Labute approximate surface area is 70.8 Å². The van der Waals surface area contributed by atoms with Gasteiger partial charge in [-0.05, 0) is 19.8 Å². The molecule has 0 unspecified atom stereocenters. The summed E-state index contributed by atoms with van der Waals surface area (Å²) in [4.78, 5) is 0. The van der Waals surface area contributed by atoms with E-state index < -0.39 is 0 Å². The molecule has 1 saturated carbocycles. The third-order valence-corrected chi connectivity index (χ3v) is 5.03. The molecule has 2 fully saturated rings. The van der Waals surface area contributed by atoms with Crippen LogP contribution in [0.15, 0.2) is 11.6 Å². The summed E-state index contributed by atoms with van der Waals surface area (Å²) >= 11 is 4.20. The van der Waals surface area contributed by atoms with Gasteiger partial charge in [-0.3, -0.25) is 0 Å². The van der Waals surface area contributed by atoms with Crippen LogP contribution in [0.25, 0.3) is 0 Å². The molecule has 10 heavy (non-hydrogen) atoms. The molecule has 0 radical (unpaired) electrons. The van der Waals surface area contributed by atoms with Gasteiger partial charge in [-0.15, -0.1) is 23.5 Å². The van der Waals surface area contributed by atoms with Crippen molar-refractivity contribution >= 4 is 23.5 Å². The molecule has 0 N–H and O–H groups in total. The third-order valence-electron chi connectivity index (χ3n) is 1.87. The maximum Gasteiger partial charge on any atom is 0.0766 e. The van der Waals surface area contributed by atoms with Crippen molar-refractivity contribution in [1.29, 1.82) is 0 Å². The second-order valence-corrected chi connectivity index (χ2v) is 6.36. The molecule has 0 aromatic rings. The molecular weight excluding hydrogens is 160 g/mol. The van der Waals surface area contributed by atoms with Crippen molar-refractivity contribution in [3.8, 4) is 0 Å². The summed E-state index contributed by atoms with van der Waals surface area (Å²) in [6.45, 7) is 2.35. The molecule has 0 amide bonds. The molecule has 1 aliphatic carbocycles. The Kier molecular flexibility index (Phi) is 1.77. The maximum absolute atomic E-state index is 2.48. The van der Waals surface area contributed by atoms with Crippen molar-refractivity contribution < 1.29 is 0 Å². The van der Waals surface area contributed by atoms with Crippen molar-refractivity contribution in [2.45, 2.75) is 23.8 Å². The fraction of sp³-hybridized carbons (Fsp3) is 0.750. The average Bonchev–Trinajstić information content (AvgIpc) is 2.56. The zero-order valence-electron chi connectivity index (χ0n) is 6.22. The minimum absolute atomic E-state index is 0.450. The van der Waals surface area contributed by atoms with Gasteiger partial charge in [-0.2, -0.15) is 0 Å². The van der Waals surface area contributed by atoms with Crippen molar-refractivity contribution in [2.24, 2.45) is 0 Å². The second-order valence-electron chi connectivity index (χ2n) is 3.02. The summed E-state index contributed by atoms with van der Waals surface area (Å²) < 4.78 is 0.450. The first-order chi connectivity index (χ1) is 4.79. The molecule has 2 heteroatoms. The second kappa shape index (κ2) is 2.49. The molecule has 1 heterocycles. The predicted octanol–water partition coefficient (Wildman–Crippen LogP) is 2.90. The summed E-state index contributed by atoms with van der Waals surface area (Å²) in [6, 6.07) is 0. The van der Waals surface area contributed by atoms with E-state index in [9.17, 15) is 0 Å². The first-order valence-electron chi connectivity index (χ1n) is 3.77. The van der Waals surface area contributed by atoms with Crippen LogP contribution in [0, 0.1) is 0 Å². The molecule has 0 atom stereocenters. The standard InChI is InChI=1S/C8H12S2/c1-8(6-7-2-3-7)9-4-5-10-8/h6H,2-5H2,1H3. The molecule has 2 rings (SSSR count). The van der Waals surface area contributed by atoms with E-state index in [4.69, 9.17) is 0 Å². The van der Waals surface area contributed by atoms with E-state index in [-0.39, 0.29) is 0 Å². The highest BCUT2D eigenvalue weighted by Crippen LogP contribution is 2.47. The van der Waals surface area contributed by atoms with Gasteiger partial charge in [0.05, 0.1) is 4.08 Å². The predicted molar refractivity (Wildman–Crippen MR) is 50.6 cm³/mol. The fourth-order valence-electron chi connectivity index (χ4n) is 1.20. The number of thioether (sulfide) groups is 2. The number of allylic oxidation sites excluding steroid dienone is 1. The summed E-state index contributed by atoms with van der Waals surface area (Å²) in [5.74, 6) is 2.68. The topological polar surface area (TPSA) is 0 Å². The molecule has 0 aromatic heterocycles. The van der Waals surface area contributed by atoms with Crippen LogP contribution >= 0.6 is 23.5 Å². The summed E-state index contributed by atoms with van der Waals surface area (Å²) in [5, 5.41) is 0. The van der Waals surface area contributed by atoms with Crippen LogP contribution in [-0.4, -0.2) is 15.6 Å². The quantitative estimate of drug-likeness (QED) is 0.558. The van der Waals surface area contributed by atoms with Gasteiger partial charge >= 0.3 is 0 Å². The monoisotopic (exact) mass is 172 g/mol. The van der Waals surface area contributed by atoms with E-state index in [1.165, 1.54) is 24.3 Å². The van der Waals surface area contributed by atoms with Gasteiger partial charge in [0, 0.05) is 11.5 Å². The van der Waals surface area contributed by atoms with Gasteiger partial charge in [0.25, 0.3) is 0 Å². The van der Waals surface area contributed by atoms with E-state index in [1.807, 2.05) is 0 Å². The Morgan fingerprint density at radius 1 is 1.30 bits per heavy atom. The lowest BCUT2D eigenvalue weighted by atomic mass is 10.4. The summed E-state index contributed by atoms with van der Waals surface area (Å²) in [5.41, 5.74) is 1.68. The van der Waals surface area contributed by atoms with Crippen LogP contribution in [-0.2, 0) is 0 Å². The molecule has 1 aliphatic heterocycles. The Hall–Kier alpha value is 0.440. The number of hydrogen-bond donors (Lipinski definition) is 0. The van der Waals surface area contributed by atoms with Crippen molar-refractivity contribution in [2.75, 3.05) is 11.5 Å². The Morgan fingerprint density at radius 3 is 2.40 bits per heavy atom. The average molecular weight is 172 g/mol. The van der Waals surface area contributed by atoms with Gasteiger partial charge in [0.15, 0.2) is 0 Å². The van der Waals surface area contributed by atoms with Gasteiger partial charge in [-0.1, -0.05) is 11.6 Å². The molecule has 0 aromatic carbocycles. The van der Waals surface area contributed by atoms with Crippen LogP contribution in [0.2, 0.25) is 0 Å². The number of hydrogen-bond acceptors (Lipinski definition) is 2. The zero-order valence-corrected chi connectivity index (χ0v) is 7.86. The van der Waals surface area contributed by atoms with E-state index in [0.717, 1.165) is 0 Å². The van der Waals surface area contributed by atoms with E-state index in [1.54, 1.807) is 5.57 Å². The maximum atomic E-state index is 2.48. The minimum Gasteiger partial charge on any atom is -0.139 e. The highest BCUT2D eigenvalue weighted by atomic mass is 32.2. The van der Waals surface area contributed by atoms with Crippen LogP contribution in [0.5, 0.6) is 0 Å². The molecule has 56 valence electrons. The third kappa shape index (κ3) is 1.54. The van der Waals surface area contributed by atoms with Crippen LogP contribution in [0.3, 0.4) is 0 Å². The fourth-order valence-corrected chi connectivity index (χ4v) is 4.01. The molecule has 2 aliphatic rings. The zero-order chi connectivity index (χ0) is 7.03. The van der Waals surface area contributed by atoms with Crippen LogP contribution in [0.4, 0.5) is 0 Å². The van der Waals surface area contributed by atoms with Gasteiger partial charge in [0.1, 0.15) is 0 Å². The van der Waals surface area contributed by atoms with E-state index >= 15 is 0 Å². The molecule has 1 saturated heterocycles. The summed E-state index contributed by atoms with van der Waals surface area (Å²) in [6.07, 6.45) is 5.22. The lowest BCUT2D eigenvalue weighted by Crippen LogP contribution is -2.04. The molecular formula is C8H12S2. The van der Waals surface area contributed by atoms with Crippen molar-refractivity contribution in [3.63, 3.8) is 0 Å². The number of rotatable bonds is 1. The Bertz CT molecular complexity index is 160. The lowest BCUT2D eigenvalue weighted by molar-refractivity contribution is 1.16.